The minimum atomic E-state index is -0.824. The third-order valence-corrected chi connectivity index (χ3v) is 6.54. The molecule has 2 fully saturated rings. The van der Waals surface area contributed by atoms with Crippen LogP contribution in [0.5, 0.6) is 0 Å². The number of rotatable bonds is 3. The predicted molar refractivity (Wildman–Crippen MR) is 113 cm³/mol. The van der Waals surface area contributed by atoms with Gasteiger partial charge in [0.15, 0.2) is 6.10 Å². The molecular formula is C23H20N2O3S. The highest BCUT2D eigenvalue weighted by molar-refractivity contribution is 7.10. The minimum Gasteiger partial charge on any atom is -0.273 e. The Kier molecular flexibility index (Phi) is 4.26. The van der Waals surface area contributed by atoms with Gasteiger partial charge in [-0.3, -0.25) is 14.4 Å². The van der Waals surface area contributed by atoms with Crippen molar-refractivity contribution in [2.24, 2.45) is 5.92 Å². The van der Waals surface area contributed by atoms with Gasteiger partial charge in [0.1, 0.15) is 12.0 Å². The Balaban J connectivity index is 1.58. The van der Waals surface area contributed by atoms with E-state index in [1.165, 1.54) is 4.90 Å². The number of amides is 2. The van der Waals surface area contributed by atoms with Gasteiger partial charge < -0.3 is 0 Å². The summed E-state index contributed by atoms with van der Waals surface area (Å²) in [6.07, 6.45) is -0.824. The number of fused-ring (bicyclic) bond motifs is 1. The second kappa shape index (κ2) is 6.83. The molecule has 0 saturated carbocycles. The fourth-order valence-electron chi connectivity index (χ4n) is 4.13. The van der Waals surface area contributed by atoms with Crippen LogP contribution in [0.2, 0.25) is 0 Å². The van der Waals surface area contributed by atoms with Crippen LogP contribution in [-0.4, -0.2) is 17.9 Å². The molecule has 0 spiro atoms. The highest BCUT2D eigenvalue weighted by Gasteiger charge is 2.60. The summed E-state index contributed by atoms with van der Waals surface area (Å²) in [7, 11) is 0. The molecule has 2 aliphatic heterocycles. The van der Waals surface area contributed by atoms with E-state index in [4.69, 9.17) is 4.84 Å². The number of hydrogen-bond acceptors (Lipinski definition) is 5. The van der Waals surface area contributed by atoms with Crippen LogP contribution in [-0.2, 0) is 14.4 Å². The number of nitrogens with zero attached hydrogens (tertiary/aromatic N) is 2. The molecule has 3 atom stereocenters. The zero-order chi connectivity index (χ0) is 20.1. The van der Waals surface area contributed by atoms with Crippen molar-refractivity contribution in [3.63, 3.8) is 0 Å². The van der Waals surface area contributed by atoms with Crippen LogP contribution in [0.1, 0.15) is 22.0 Å². The SMILES string of the molecule is Cc1ccc(N2C(=O)[C@@H]3[C@H](ON(c4ccccc4C)[C@H]3c3cccs3)C2=O)cc1. The number of imide groups is 1. The van der Waals surface area contributed by atoms with Gasteiger partial charge in [-0.15, -0.1) is 11.3 Å². The van der Waals surface area contributed by atoms with Crippen molar-refractivity contribution in [1.29, 1.82) is 0 Å². The number of para-hydroxylation sites is 1. The fraction of sp³-hybridized carbons (Fsp3) is 0.217. The standard InChI is InChI=1S/C23H20N2O3S/c1-14-9-11-16(12-10-14)24-22(26)19-20(18-8-5-13-29-18)25(28-21(19)23(24)27)17-7-4-3-6-15(17)2/h3-13,19-21H,1-2H3/t19-,20-,21-/m0/s1. The first kappa shape index (κ1) is 18.1. The first-order chi connectivity index (χ1) is 14.1. The number of hydrogen-bond donors (Lipinski definition) is 0. The normalized spacial score (nSPS) is 23.7. The number of aryl methyl sites for hydroxylation is 2. The van der Waals surface area contributed by atoms with Gasteiger partial charge in [-0.2, -0.15) is 0 Å². The van der Waals surface area contributed by atoms with E-state index in [0.717, 1.165) is 21.7 Å². The quantitative estimate of drug-likeness (QED) is 0.607. The van der Waals surface area contributed by atoms with Crippen molar-refractivity contribution in [3.8, 4) is 0 Å². The first-order valence-corrected chi connectivity index (χ1v) is 10.4. The zero-order valence-electron chi connectivity index (χ0n) is 16.1. The molecule has 2 amide bonds. The van der Waals surface area contributed by atoms with Crippen molar-refractivity contribution in [3.05, 3.63) is 82.0 Å². The van der Waals surface area contributed by atoms with E-state index in [0.29, 0.717) is 5.69 Å². The van der Waals surface area contributed by atoms with Crippen LogP contribution in [0, 0.1) is 19.8 Å². The highest BCUT2D eigenvalue weighted by atomic mass is 32.1. The van der Waals surface area contributed by atoms with Crippen molar-refractivity contribution >= 4 is 34.5 Å². The molecule has 3 heterocycles. The van der Waals surface area contributed by atoms with Crippen molar-refractivity contribution < 1.29 is 14.4 Å². The van der Waals surface area contributed by atoms with Crippen LogP contribution in [0.25, 0.3) is 0 Å². The third kappa shape index (κ3) is 2.79. The molecule has 0 N–H and O–H groups in total. The maximum Gasteiger partial charge on any atom is 0.266 e. The van der Waals surface area contributed by atoms with Gasteiger partial charge in [-0.25, -0.2) is 9.96 Å². The maximum atomic E-state index is 13.5. The number of anilines is 2. The molecule has 0 bridgehead atoms. The third-order valence-electron chi connectivity index (χ3n) is 5.60. The molecule has 1 aromatic heterocycles. The average molecular weight is 404 g/mol. The molecule has 5 rings (SSSR count). The van der Waals surface area contributed by atoms with E-state index in [1.807, 2.05) is 79.9 Å². The highest BCUT2D eigenvalue weighted by Crippen LogP contribution is 2.49. The summed E-state index contributed by atoms with van der Waals surface area (Å²) in [5, 5.41) is 3.75. The second-order valence-electron chi connectivity index (χ2n) is 7.47. The molecule has 0 unspecified atom stereocenters. The Morgan fingerprint density at radius 1 is 0.897 bits per heavy atom. The van der Waals surface area contributed by atoms with Crippen LogP contribution in [0.4, 0.5) is 11.4 Å². The lowest BCUT2D eigenvalue weighted by Gasteiger charge is -2.28. The summed E-state index contributed by atoms with van der Waals surface area (Å²) in [6.45, 7) is 3.97. The van der Waals surface area contributed by atoms with E-state index < -0.39 is 12.0 Å². The Labute approximate surface area is 173 Å². The molecule has 3 aromatic rings. The summed E-state index contributed by atoms with van der Waals surface area (Å²) in [4.78, 5) is 35.1. The van der Waals surface area contributed by atoms with E-state index in [-0.39, 0.29) is 17.9 Å². The summed E-state index contributed by atoms with van der Waals surface area (Å²) in [5.74, 6) is -1.10. The molecule has 5 nitrogen and oxygen atoms in total. The summed E-state index contributed by atoms with van der Waals surface area (Å²) in [5.41, 5.74) is 3.58. The Morgan fingerprint density at radius 2 is 1.66 bits per heavy atom. The Morgan fingerprint density at radius 3 is 2.34 bits per heavy atom. The fourth-order valence-corrected chi connectivity index (χ4v) is 4.98. The molecular weight excluding hydrogens is 384 g/mol. The number of carbonyl (C=O) groups is 2. The molecule has 0 aliphatic carbocycles. The Bertz CT molecular complexity index is 1080. The van der Waals surface area contributed by atoms with Gasteiger partial charge >= 0.3 is 0 Å². The number of benzene rings is 2. The van der Waals surface area contributed by atoms with Crippen LogP contribution in [0.3, 0.4) is 0 Å². The summed E-state index contributed by atoms with van der Waals surface area (Å²) >= 11 is 1.57. The maximum absolute atomic E-state index is 13.5. The second-order valence-corrected chi connectivity index (χ2v) is 8.45. The predicted octanol–water partition coefficient (Wildman–Crippen LogP) is 4.42. The molecule has 29 heavy (non-hydrogen) atoms. The number of thiophene rings is 1. The summed E-state index contributed by atoms with van der Waals surface area (Å²) < 4.78 is 0. The monoisotopic (exact) mass is 404 g/mol. The van der Waals surface area contributed by atoms with E-state index >= 15 is 0 Å². The van der Waals surface area contributed by atoms with Crippen LogP contribution < -0.4 is 9.96 Å². The van der Waals surface area contributed by atoms with Crippen molar-refractivity contribution in [2.45, 2.75) is 26.0 Å². The smallest absolute Gasteiger partial charge is 0.266 e. The van der Waals surface area contributed by atoms with E-state index in [1.54, 1.807) is 16.4 Å². The van der Waals surface area contributed by atoms with Gasteiger partial charge in [0.25, 0.3) is 5.91 Å². The van der Waals surface area contributed by atoms with Gasteiger partial charge in [0.05, 0.1) is 11.4 Å². The zero-order valence-corrected chi connectivity index (χ0v) is 16.9. The molecule has 2 saturated heterocycles. The van der Waals surface area contributed by atoms with E-state index in [9.17, 15) is 9.59 Å². The lowest BCUT2D eigenvalue weighted by atomic mass is 9.95. The average Bonchev–Trinajstić information content (AvgIpc) is 3.41. The van der Waals surface area contributed by atoms with Crippen LogP contribution >= 0.6 is 11.3 Å². The Hall–Kier alpha value is -2.96. The lowest BCUT2D eigenvalue weighted by Crippen LogP contribution is -2.37. The molecule has 146 valence electrons. The van der Waals surface area contributed by atoms with Gasteiger partial charge in [0, 0.05) is 4.88 Å². The van der Waals surface area contributed by atoms with Gasteiger partial charge in [-0.05, 0) is 49.1 Å². The van der Waals surface area contributed by atoms with Gasteiger partial charge in [-0.1, -0.05) is 42.0 Å². The minimum absolute atomic E-state index is 0.210. The van der Waals surface area contributed by atoms with Gasteiger partial charge in [0.2, 0.25) is 5.91 Å². The molecule has 2 aliphatic rings. The van der Waals surface area contributed by atoms with Crippen molar-refractivity contribution in [2.75, 3.05) is 9.96 Å². The summed E-state index contributed by atoms with van der Waals surface area (Å²) in [6, 6.07) is 18.9. The number of hydroxylamine groups is 1. The molecule has 0 radical (unpaired) electrons. The van der Waals surface area contributed by atoms with E-state index in [2.05, 4.69) is 0 Å². The molecule has 6 heteroatoms. The number of carbonyl (C=O) groups excluding carboxylic acids is 2. The first-order valence-electron chi connectivity index (χ1n) is 9.56. The topological polar surface area (TPSA) is 49.9 Å². The largest absolute Gasteiger partial charge is 0.273 e. The van der Waals surface area contributed by atoms with Crippen LogP contribution in [0.15, 0.2) is 66.0 Å². The van der Waals surface area contributed by atoms with Crippen molar-refractivity contribution in [1.82, 2.24) is 0 Å². The lowest BCUT2D eigenvalue weighted by molar-refractivity contribution is -0.126. The molecule has 2 aromatic carbocycles.